The first kappa shape index (κ1) is 49.9. The molecule has 0 aliphatic rings. The summed E-state index contributed by atoms with van der Waals surface area (Å²) in [6.07, 6.45) is 45.8. The van der Waals surface area contributed by atoms with E-state index in [2.05, 4.69) is 67.0 Å². The molecule has 0 aromatic heterocycles. The van der Waals surface area contributed by atoms with E-state index in [9.17, 15) is 18.9 Å². The Kier molecular flexibility index (Phi) is 35.0. The number of hydrogen-bond donors (Lipinski definition) is 2. The van der Waals surface area contributed by atoms with Crippen molar-refractivity contribution in [1.29, 1.82) is 0 Å². The molecule has 53 heavy (non-hydrogen) atoms. The summed E-state index contributed by atoms with van der Waals surface area (Å²) in [5, 5.41) is 0. The molecule has 0 saturated heterocycles. The molecule has 0 rings (SSSR count). The molecular weight excluding hydrogens is 691 g/mol. The number of phosphoric acid groups is 1. The standard InChI is InChI=1S/C43H69O9P/c1-3-5-7-8-9-10-11-12-13-14-15-16-17-18-19-22-25-28-32-36-42(45)50-38-41(39-51-53(47,48)49)52-43(46)37-33-29-26-23-20-21-24-27-31-35-40(44)34-30-6-4-2/h9-10,12-13,15-16,18-19,24-25,27-28,31,35,41H,3-8,11,14,17,20-23,26,29-30,32-34,36-39H2,1-2H3,(H2,47,48,49)/b10-9-,13-12-,16-15-,19-18-,27-24-,28-25-,35-31+/t41-/m1/s1. The summed E-state index contributed by atoms with van der Waals surface area (Å²) >= 11 is 0. The molecule has 10 heteroatoms. The first-order chi connectivity index (χ1) is 25.7. The van der Waals surface area contributed by atoms with Gasteiger partial charge in [-0.05, 0) is 76.7 Å². The lowest BCUT2D eigenvalue weighted by Crippen LogP contribution is -2.29. The van der Waals surface area contributed by atoms with Gasteiger partial charge in [0.05, 0.1) is 6.61 Å². The van der Waals surface area contributed by atoms with Gasteiger partial charge in [-0.15, -0.1) is 0 Å². The number of ketones is 1. The van der Waals surface area contributed by atoms with Gasteiger partial charge in [0.15, 0.2) is 11.9 Å². The molecule has 0 aliphatic carbocycles. The van der Waals surface area contributed by atoms with E-state index in [1.165, 1.54) is 25.7 Å². The summed E-state index contributed by atoms with van der Waals surface area (Å²) in [4.78, 5) is 54.4. The molecule has 0 amide bonds. The van der Waals surface area contributed by atoms with Crippen molar-refractivity contribution in [2.24, 2.45) is 0 Å². The van der Waals surface area contributed by atoms with Crippen molar-refractivity contribution in [3.63, 3.8) is 0 Å². The van der Waals surface area contributed by atoms with Gasteiger partial charge < -0.3 is 19.3 Å². The molecule has 0 radical (unpaired) electrons. The highest BCUT2D eigenvalue weighted by atomic mass is 31.2. The van der Waals surface area contributed by atoms with Crippen molar-refractivity contribution < 1.29 is 42.7 Å². The van der Waals surface area contributed by atoms with E-state index < -0.39 is 32.5 Å². The summed E-state index contributed by atoms with van der Waals surface area (Å²) in [7, 11) is -4.79. The number of allylic oxidation sites excluding steroid dienone is 14. The third-order valence-electron chi connectivity index (χ3n) is 7.88. The largest absolute Gasteiger partial charge is 0.469 e. The molecule has 0 aromatic rings. The molecule has 0 bridgehead atoms. The Hall–Kier alpha value is -3.10. The van der Waals surface area contributed by atoms with Gasteiger partial charge in [0.1, 0.15) is 6.61 Å². The van der Waals surface area contributed by atoms with Crippen molar-refractivity contribution >= 4 is 25.5 Å². The maximum Gasteiger partial charge on any atom is 0.469 e. The van der Waals surface area contributed by atoms with Crippen molar-refractivity contribution in [3.8, 4) is 0 Å². The minimum Gasteiger partial charge on any atom is -0.462 e. The minimum absolute atomic E-state index is 0.121. The number of carbonyl (C=O) groups excluding carboxylic acids is 3. The van der Waals surface area contributed by atoms with Crippen molar-refractivity contribution in [1.82, 2.24) is 0 Å². The van der Waals surface area contributed by atoms with Crippen molar-refractivity contribution in [3.05, 3.63) is 85.1 Å². The third kappa shape index (κ3) is 39.9. The van der Waals surface area contributed by atoms with Crippen LogP contribution in [0.5, 0.6) is 0 Å². The van der Waals surface area contributed by atoms with Gasteiger partial charge in [-0.25, -0.2) is 4.57 Å². The van der Waals surface area contributed by atoms with Gasteiger partial charge in [-0.1, -0.05) is 138 Å². The first-order valence-electron chi connectivity index (χ1n) is 19.8. The quantitative estimate of drug-likeness (QED) is 0.0161. The van der Waals surface area contributed by atoms with Crippen LogP contribution in [0.15, 0.2) is 85.1 Å². The van der Waals surface area contributed by atoms with E-state index in [-0.39, 0.29) is 25.2 Å². The lowest BCUT2D eigenvalue weighted by molar-refractivity contribution is -0.161. The average molecular weight is 761 g/mol. The Bertz CT molecular complexity index is 1190. The Labute approximate surface area is 320 Å². The SMILES string of the molecule is CCCCC/C=C\C/C=C\C/C=C\C/C=C\C/C=C\CCC(=O)OC[C@H](COP(=O)(O)O)OC(=O)CCCCCCC/C=C\C=C\C(=O)CCCCC. The van der Waals surface area contributed by atoms with Gasteiger partial charge in [0, 0.05) is 19.3 Å². The normalized spacial score (nSPS) is 13.3. The maximum atomic E-state index is 12.4. The van der Waals surface area contributed by atoms with E-state index in [1.807, 2.05) is 24.3 Å². The number of rotatable bonds is 35. The summed E-state index contributed by atoms with van der Waals surface area (Å²) in [6.45, 7) is 3.39. The molecule has 0 heterocycles. The summed E-state index contributed by atoms with van der Waals surface area (Å²) in [5.41, 5.74) is 0. The molecular formula is C43H69O9P. The van der Waals surface area contributed by atoms with Gasteiger partial charge >= 0.3 is 19.8 Å². The van der Waals surface area contributed by atoms with Crippen LogP contribution >= 0.6 is 7.82 Å². The highest BCUT2D eigenvalue weighted by Crippen LogP contribution is 2.36. The highest BCUT2D eigenvalue weighted by molar-refractivity contribution is 7.46. The van der Waals surface area contributed by atoms with Crippen LogP contribution in [0, 0.1) is 0 Å². The molecule has 300 valence electrons. The van der Waals surface area contributed by atoms with Gasteiger partial charge in [-0.3, -0.25) is 18.9 Å². The number of phosphoric ester groups is 1. The average Bonchev–Trinajstić information content (AvgIpc) is 3.12. The van der Waals surface area contributed by atoms with Crippen LogP contribution in [0.3, 0.4) is 0 Å². The van der Waals surface area contributed by atoms with Crippen LogP contribution in [-0.2, 0) is 32.9 Å². The predicted octanol–water partition coefficient (Wildman–Crippen LogP) is 11.2. The van der Waals surface area contributed by atoms with Gasteiger partial charge in [0.25, 0.3) is 0 Å². The fourth-order valence-corrected chi connectivity index (χ4v) is 5.22. The first-order valence-corrected chi connectivity index (χ1v) is 21.4. The molecule has 9 nitrogen and oxygen atoms in total. The van der Waals surface area contributed by atoms with Crippen LogP contribution in [0.4, 0.5) is 0 Å². The van der Waals surface area contributed by atoms with Crippen molar-refractivity contribution in [2.75, 3.05) is 13.2 Å². The molecule has 1 atom stereocenters. The second-order valence-electron chi connectivity index (χ2n) is 12.9. The van der Waals surface area contributed by atoms with Crippen LogP contribution in [0.25, 0.3) is 0 Å². The van der Waals surface area contributed by atoms with E-state index in [0.29, 0.717) is 19.3 Å². The fraction of sp³-hybridized carbons (Fsp3) is 0.605. The zero-order chi connectivity index (χ0) is 39.1. The summed E-state index contributed by atoms with van der Waals surface area (Å²) in [5.74, 6) is -0.887. The smallest absolute Gasteiger partial charge is 0.462 e. The Balaban J connectivity index is 4.17. The predicted molar refractivity (Wildman–Crippen MR) is 216 cm³/mol. The Morgan fingerprint density at radius 1 is 0.547 bits per heavy atom. The molecule has 0 aromatic carbocycles. The second-order valence-corrected chi connectivity index (χ2v) is 14.2. The topological polar surface area (TPSA) is 136 Å². The third-order valence-corrected chi connectivity index (χ3v) is 8.36. The molecule has 0 spiro atoms. The monoisotopic (exact) mass is 760 g/mol. The molecule has 0 aliphatic heterocycles. The molecule has 2 N–H and O–H groups in total. The van der Waals surface area contributed by atoms with E-state index >= 15 is 0 Å². The number of unbranched alkanes of at least 4 members (excludes halogenated alkanes) is 10. The van der Waals surface area contributed by atoms with Crippen LogP contribution in [-0.4, -0.2) is 46.8 Å². The van der Waals surface area contributed by atoms with E-state index in [1.54, 1.807) is 12.2 Å². The summed E-state index contributed by atoms with van der Waals surface area (Å²) in [6, 6.07) is 0. The van der Waals surface area contributed by atoms with E-state index in [4.69, 9.17) is 19.3 Å². The molecule has 0 fully saturated rings. The minimum atomic E-state index is -4.79. The molecule has 0 saturated carbocycles. The number of hydrogen-bond acceptors (Lipinski definition) is 7. The van der Waals surface area contributed by atoms with Gasteiger partial charge in [-0.2, -0.15) is 0 Å². The Morgan fingerprint density at radius 3 is 1.68 bits per heavy atom. The zero-order valence-corrected chi connectivity index (χ0v) is 33.5. The second kappa shape index (κ2) is 37.2. The maximum absolute atomic E-state index is 12.4. The Morgan fingerprint density at radius 2 is 1.06 bits per heavy atom. The zero-order valence-electron chi connectivity index (χ0n) is 32.6. The molecule has 0 unspecified atom stereocenters. The van der Waals surface area contributed by atoms with Crippen LogP contribution in [0.1, 0.15) is 149 Å². The van der Waals surface area contributed by atoms with Crippen LogP contribution < -0.4 is 0 Å². The van der Waals surface area contributed by atoms with Crippen LogP contribution in [0.2, 0.25) is 0 Å². The lowest BCUT2D eigenvalue weighted by atomic mass is 10.1. The van der Waals surface area contributed by atoms with Crippen molar-refractivity contribution in [2.45, 2.75) is 155 Å². The van der Waals surface area contributed by atoms with Gasteiger partial charge in [0.2, 0.25) is 0 Å². The number of esters is 2. The number of carbonyl (C=O) groups is 3. The highest BCUT2D eigenvalue weighted by Gasteiger charge is 2.22. The summed E-state index contributed by atoms with van der Waals surface area (Å²) < 4.78 is 26.2. The lowest BCUT2D eigenvalue weighted by Gasteiger charge is -2.18. The fourth-order valence-electron chi connectivity index (χ4n) is 4.86. The number of ether oxygens (including phenoxy) is 2. The van der Waals surface area contributed by atoms with E-state index in [0.717, 1.165) is 77.0 Å².